The third-order valence-corrected chi connectivity index (χ3v) is 7.17. The maximum absolute atomic E-state index is 13.2. The van der Waals surface area contributed by atoms with Gasteiger partial charge in [0.25, 0.3) is 0 Å². The molecule has 0 radical (unpaired) electrons. The van der Waals surface area contributed by atoms with Crippen LogP contribution in [0.1, 0.15) is 29.9 Å². The molecule has 174 valence electrons. The first-order chi connectivity index (χ1) is 16.5. The van der Waals surface area contributed by atoms with Crippen LogP contribution in [0.5, 0.6) is 0 Å². The number of benzene rings is 2. The zero-order valence-electron chi connectivity index (χ0n) is 18.9. The third-order valence-electron chi connectivity index (χ3n) is 5.88. The number of halogens is 1. The number of carbonyl (C=O) groups excluding carboxylic acids is 1. The molecule has 7 nitrogen and oxygen atoms in total. The second kappa shape index (κ2) is 9.64. The van der Waals surface area contributed by atoms with E-state index in [0.29, 0.717) is 22.4 Å². The Morgan fingerprint density at radius 1 is 1.18 bits per heavy atom. The van der Waals surface area contributed by atoms with Gasteiger partial charge in [-0.15, -0.1) is 10.2 Å². The van der Waals surface area contributed by atoms with Crippen molar-refractivity contribution >= 4 is 29.3 Å². The molecule has 2 heterocycles. The Labute approximate surface area is 207 Å². The lowest BCUT2D eigenvalue weighted by atomic mass is 10.1. The number of rotatable bonds is 8. The molecular weight excluding hydrogens is 470 g/mol. The van der Waals surface area contributed by atoms with E-state index in [0.717, 1.165) is 23.7 Å². The molecule has 4 aromatic rings. The average Bonchev–Trinajstić information content (AvgIpc) is 3.37. The largest absolute Gasteiger partial charge is 0.419 e. The van der Waals surface area contributed by atoms with Crippen LogP contribution in [0.25, 0.3) is 17.1 Å². The Morgan fingerprint density at radius 2 is 2.00 bits per heavy atom. The van der Waals surface area contributed by atoms with Crippen LogP contribution in [0.3, 0.4) is 0 Å². The summed E-state index contributed by atoms with van der Waals surface area (Å²) in [6.45, 7) is 4.47. The van der Waals surface area contributed by atoms with Crippen molar-refractivity contribution in [3.63, 3.8) is 0 Å². The molecule has 0 saturated heterocycles. The monoisotopic (exact) mass is 493 g/mol. The molecule has 9 heteroatoms. The van der Waals surface area contributed by atoms with Crippen LogP contribution >= 0.6 is 23.4 Å². The standard InChI is InChI=1S/C25H24ClN5O2S/c1-16-7-8-19(13-17(16)2)30-12-11-27-25(30)34-15-23(32)31(18-9-10-18)14-22-28-29-24(33-22)20-5-3-4-6-21(20)26/h3-8,11-13,18H,9-10,14-15H2,1-2H3. The zero-order chi connectivity index (χ0) is 23.7. The number of aryl methyl sites for hydroxylation is 2. The van der Waals surface area contributed by atoms with Crippen LogP contribution in [-0.4, -0.2) is 42.4 Å². The maximum atomic E-state index is 13.2. The van der Waals surface area contributed by atoms with Crippen molar-refractivity contribution in [2.24, 2.45) is 0 Å². The summed E-state index contributed by atoms with van der Waals surface area (Å²) in [7, 11) is 0. The molecule has 0 unspecified atom stereocenters. The van der Waals surface area contributed by atoms with Crippen molar-refractivity contribution < 1.29 is 9.21 Å². The summed E-state index contributed by atoms with van der Waals surface area (Å²) in [5, 5.41) is 9.61. The number of hydrogen-bond acceptors (Lipinski definition) is 6. The summed E-state index contributed by atoms with van der Waals surface area (Å²) >= 11 is 7.68. The lowest BCUT2D eigenvalue weighted by Crippen LogP contribution is -2.34. The first kappa shape index (κ1) is 22.7. The van der Waals surface area contributed by atoms with Gasteiger partial charge in [-0.2, -0.15) is 0 Å². The van der Waals surface area contributed by atoms with Crippen LogP contribution in [0.15, 0.2) is 64.4 Å². The average molecular weight is 494 g/mol. The summed E-state index contributed by atoms with van der Waals surface area (Å²) in [5.41, 5.74) is 4.18. The van der Waals surface area contributed by atoms with Gasteiger partial charge < -0.3 is 9.32 Å². The molecule has 0 aliphatic heterocycles. The Bertz CT molecular complexity index is 1330. The van der Waals surface area contributed by atoms with E-state index in [-0.39, 0.29) is 24.2 Å². The van der Waals surface area contributed by atoms with Crippen molar-refractivity contribution in [3.8, 4) is 17.1 Å². The van der Waals surface area contributed by atoms with Gasteiger partial charge >= 0.3 is 0 Å². The number of aromatic nitrogens is 4. The fraction of sp³-hybridized carbons (Fsp3) is 0.280. The van der Waals surface area contributed by atoms with Gasteiger partial charge in [0.1, 0.15) is 0 Å². The highest BCUT2D eigenvalue weighted by atomic mass is 35.5. The van der Waals surface area contributed by atoms with Gasteiger partial charge in [0.2, 0.25) is 17.7 Å². The predicted octanol–water partition coefficient (Wildman–Crippen LogP) is 5.48. The number of imidazole rings is 1. The number of nitrogens with zero attached hydrogens (tertiary/aromatic N) is 5. The first-order valence-corrected chi connectivity index (χ1v) is 12.5. The molecule has 1 amide bonds. The minimum atomic E-state index is 0.0274. The number of carbonyl (C=O) groups is 1. The van der Waals surface area contributed by atoms with E-state index in [4.69, 9.17) is 16.0 Å². The predicted molar refractivity (Wildman–Crippen MR) is 132 cm³/mol. The fourth-order valence-electron chi connectivity index (χ4n) is 3.69. The summed E-state index contributed by atoms with van der Waals surface area (Å²) in [6, 6.07) is 13.8. The molecule has 1 aliphatic carbocycles. The molecule has 1 aliphatic rings. The van der Waals surface area contributed by atoms with Gasteiger partial charge in [-0.05, 0) is 62.1 Å². The van der Waals surface area contributed by atoms with E-state index >= 15 is 0 Å². The lowest BCUT2D eigenvalue weighted by molar-refractivity contribution is -0.129. The molecule has 0 atom stereocenters. The van der Waals surface area contributed by atoms with Crippen LogP contribution in [0.2, 0.25) is 5.02 Å². The van der Waals surface area contributed by atoms with E-state index < -0.39 is 0 Å². The van der Waals surface area contributed by atoms with Crippen LogP contribution in [0, 0.1) is 13.8 Å². The molecule has 5 rings (SSSR count). The summed E-state index contributed by atoms with van der Waals surface area (Å²) in [6.07, 6.45) is 5.65. The highest BCUT2D eigenvalue weighted by molar-refractivity contribution is 7.99. The fourth-order valence-corrected chi connectivity index (χ4v) is 4.77. The van der Waals surface area contributed by atoms with Crippen LogP contribution in [-0.2, 0) is 11.3 Å². The molecule has 0 spiro atoms. The topological polar surface area (TPSA) is 77.1 Å². The first-order valence-electron chi connectivity index (χ1n) is 11.1. The van der Waals surface area contributed by atoms with Crippen LogP contribution < -0.4 is 0 Å². The SMILES string of the molecule is Cc1ccc(-n2ccnc2SCC(=O)N(Cc2nnc(-c3ccccc3Cl)o2)C2CC2)cc1C. The van der Waals surface area contributed by atoms with E-state index in [1.165, 1.54) is 22.9 Å². The van der Waals surface area contributed by atoms with Gasteiger partial charge in [-0.1, -0.05) is 41.6 Å². The minimum Gasteiger partial charge on any atom is -0.419 e. The highest BCUT2D eigenvalue weighted by Crippen LogP contribution is 2.31. The van der Waals surface area contributed by atoms with E-state index in [2.05, 4.69) is 47.2 Å². The van der Waals surface area contributed by atoms with E-state index in [1.54, 1.807) is 12.3 Å². The molecule has 2 aromatic carbocycles. The molecule has 0 N–H and O–H groups in total. The normalized spacial score (nSPS) is 13.3. The molecule has 1 saturated carbocycles. The zero-order valence-corrected chi connectivity index (χ0v) is 20.5. The highest BCUT2D eigenvalue weighted by Gasteiger charge is 2.34. The minimum absolute atomic E-state index is 0.0274. The van der Waals surface area contributed by atoms with Gasteiger partial charge in [-0.3, -0.25) is 9.36 Å². The number of thioether (sulfide) groups is 1. The summed E-state index contributed by atoms with van der Waals surface area (Å²) in [4.78, 5) is 19.5. The van der Waals surface area contributed by atoms with E-state index in [9.17, 15) is 4.79 Å². The number of hydrogen-bond donors (Lipinski definition) is 0. The summed E-state index contributed by atoms with van der Waals surface area (Å²) in [5.74, 6) is 1.06. The second-order valence-electron chi connectivity index (χ2n) is 8.37. The van der Waals surface area contributed by atoms with E-state index in [1.807, 2.05) is 33.9 Å². The Morgan fingerprint density at radius 3 is 2.76 bits per heavy atom. The number of amides is 1. The molecule has 1 fully saturated rings. The molecule has 0 bridgehead atoms. The Balaban J connectivity index is 1.27. The van der Waals surface area contributed by atoms with Gasteiger partial charge in [0.05, 0.1) is 22.9 Å². The quantitative estimate of drug-likeness (QED) is 0.303. The Hall–Kier alpha value is -3.10. The molecule has 2 aromatic heterocycles. The van der Waals surface area contributed by atoms with Crippen molar-refractivity contribution in [2.75, 3.05) is 5.75 Å². The van der Waals surface area contributed by atoms with Crippen molar-refractivity contribution in [1.82, 2.24) is 24.6 Å². The second-order valence-corrected chi connectivity index (χ2v) is 9.72. The smallest absolute Gasteiger partial charge is 0.249 e. The van der Waals surface area contributed by atoms with Gasteiger partial charge in [0, 0.05) is 24.1 Å². The van der Waals surface area contributed by atoms with Crippen molar-refractivity contribution in [1.29, 1.82) is 0 Å². The molecular formula is C25H24ClN5O2S. The van der Waals surface area contributed by atoms with Gasteiger partial charge in [-0.25, -0.2) is 4.98 Å². The molecule has 34 heavy (non-hydrogen) atoms. The summed E-state index contributed by atoms with van der Waals surface area (Å²) < 4.78 is 7.85. The Kier molecular flexibility index (Phi) is 6.43. The van der Waals surface area contributed by atoms with Crippen molar-refractivity contribution in [3.05, 3.63) is 76.9 Å². The lowest BCUT2D eigenvalue weighted by Gasteiger charge is -2.20. The van der Waals surface area contributed by atoms with Gasteiger partial charge in [0.15, 0.2) is 5.16 Å². The third kappa shape index (κ3) is 4.88. The van der Waals surface area contributed by atoms with Crippen molar-refractivity contribution in [2.45, 2.75) is 44.4 Å². The maximum Gasteiger partial charge on any atom is 0.249 e. The van der Waals surface area contributed by atoms with Crippen LogP contribution in [0.4, 0.5) is 0 Å².